The number of nitrogens with zero attached hydrogens (tertiary/aromatic N) is 1. The molecular weight excluding hydrogens is 288 g/mol. The molecule has 102 valence electrons. The molecule has 2 N–H and O–H groups in total. The highest BCUT2D eigenvalue weighted by Crippen LogP contribution is 2.29. The average Bonchev–Trinajstić information content (AvgIpc) is 2.71. The summed E-state index contributed by atoms with van der Waals surface area (Å²) in [6.45, 7) is 1.81. The predicted octanol–water partition coefficient (Wildman–Crippen LogP) is 2.72. The molecule has 2 rings (SSSR count). The Bertz CT molecular complexity index is 512. The highest BCUT2D eigenvalue weighted by molar-refractivity contribution is 8.00. The summed E-state index contributed by atoms with van der Waals surface area (Å²) in [5, 5.41) is 12.1. The van der Waals surface area contributed by atoms with E-state index in [0.717, 1.165) is 0 Å². The maximum atomic E-state index is 12.1. The second-order valence-corrected chi connectivity index (χ2v) is 5.92. The Morgan fingerprint density at radius 2 is 2.26 bits per heavy atom. The van der Waals surface area contributed by atoms with E-state index in [1.165, 1.54) is 16.7 Å². The lowest BCUT2D eigenvalue weighted by atomic mass is 10.3. The number of rotatable bonds is 2. The highest BCUT2D eigenvalue weighted by atomic mass is 35.5. The normalized spacial score (nSPS) is 22.3. The van der Waals surface area contributed by atoms with Crippen molar-refractivity contribution in [3.8, 4) is 0 Å². The molecule has 2 unspecified atom stereocenters. The Morgan fingerprint density at radius 3 is 2.89 bits per heavy atom. The SMILES string of the molecule is CC1SCC(C(=O)O)N1C(=O)Nc1cccc(Cl)c1. The lowest BCUT2D eigenvalue weighted by molar-refractivity contribution is -0.141. The van der Waals surface area contributed by atoms with E-state index in [9.17, 15) is 9.59 Å². The molecule has 19 heavy (non-hydrogen) atoms. The van der Waals surface area contributed by atoms with Crippen molar-refractivity contribution >= 4 is 41.1 Å². The smallest absolute Gasteiger partial charge is 0.327 e. The Labute approximate surface area is 119 Å². The van der Waals surface area contributed by atoms with Crippen LogP contribution in [0.15, 0.2) is 24.3 Å². The minimum Gasteiger partial charge on any atom is -0.480 e. The molecule has 1 aliphatic heterocycles. The van der Waals surface area contributed by atoms with Crippen molar-refractivity contribution in [2.45, 2.75) is 18.3 Å². The summed E-state index contributed by atoms with van der Waals surface area (Å²) in [4.78, 5) is 24.6. The van der Waals surface area contributed by atoms with Crippen molar-refractivity contribution in [1.29, 1.82) is 0 Å². The van der Waals surface area contributed by atoms with Crippen LogP contribution in [0.2, 0.25) is 5.02 Å². The summed E-state index contributed by atoms with van der Waals surface area (Å²) in [6.07, 6.45) is 0. The van der Waals surface area contributed by atoms with Gasteiger partial charge in [0.1, 0.15) is 6.04 Å². The molecule has 0 saturated carbocycles. The molecule has 5 nitrogen and oxygen atoms in total. The van der Waals surface area contributed by atoms with Gasteiger partial charge in [0, 0.05) is 16.5 Å². The number of carboxylic acid groups (broad SMARTS) is 1. The number of benzene rings is 1. The van der Waals surface area contributed by atoms with Crippen LogP contribution in [0.25, 0.3) is 0 Å². The molecule has 1 aromatic carbocycles. The van der Waals surface area contributed by atoms with Gasteiger partial charge in [-0.1, -0.05) is 17.7 Å². The number of urea groups is 1. The van der Waals surface area contributed by atoms with Crippen LogP contribution in [-0.2, 0) is 4.79 Å². The summed E-state index contributed by atoms with van der Waals surface area (Å²) in [7, 11) is 0. The van der Waals surface area contributed by atoms with E-state index in [-0.39, 0.29) is 5.37 Å². The number of aliphatic carboxylic acids is 1. The fourth-order valence-electron chi connectivity index (χ4n) is 1.90. The molecule has 2 atom stereocenters. The molecule has 2 amide bonds. The molecule has 0 radical (unpaired) electrons. The van der Waals surface area contributed by atoms with E-state index >= 15 is 0 Å². The van der Waals surface area contributed by atoms with Crippen molar-refractivity contribution in [3.63, 3.8) is 0 Å². The number of hydrogen-bond donors (Lipinski definition) is 2. The van der Waals surface area contributed by atoms with Gasteiger partial charge in [0.15, 0.2) is 0 Å². The van der Waals surface area contributed by atoms with Gasteiger partial charge in [0.25, 0.3) is 0 Å². The van der Waals surface area contributed by atoms with Gasteiger partial charge < -0.3 is 10.4 Å². The minimum absolute atomic E-state index is 0.166. The standard InChI is InChI=1S/C12H13ClN2O3S/c1-7-15(10(6-19-7)11(16)17)12(18)14-9-4-2-3-8(13)5-9/h2-5,7,10H,6H2,1H3,(H,14,18)(H,16,17). The number of thioether (sulfide) groups is 1. The van der Waals surface area contributed by atoms with Crippen LogP contribution in [0.4, 0.5) is 10.5 Å². The zero-order chi connectivity index (χ0) is 14.0. The summed E-state index contributed by atoms with van der Waals surface area (Å²) in [6, 6.07) is 5.52. The molecule has 0 spiro atoms. The monoisotopic (exact) mass is 300 g/mol. The zero-order valence-corrected chi connectivity index (χ0v) is 11.7. The number of carbonyl (C=O) groups is 2. The number of carboxylic acids is 1. The van der Waals surface area contributed by atoms with E-state index in [2.05, 4.69) is 5.32 Å². The van der Waals surface area contributed by atoms with E-state index in [1.807, 2.05) is 6.92 Å². The van der Waals surface area contributed by atoms with Gasteiger partial charge in [-0.15, -0.1) is 11.8 Å². The number of nitrogens with one attached hydrogen (secondary N) is 1. The summed E-state index contributed by atoms with van der Waals surface area (Å²) in [5.74, 6) is -0.586. The van der Waals surface area contributed by atoms with Gasteiger partial charge in [-0.25, -0.2) is 9.59 Å². The fraction of sp³-hybridized carbons (Fsp3) is 0.333. The summed E-state index contributed by atoms with van der Waals surface area (Å²) < 4.78 is 0. The lowest BCUT2D eigenvalue weighted by Gasteiger charge is -2.25. The topological polar surface area (TPSA) is 69.6 Å². The fourth-order valence-corrected chi connectivity index (χ4v) is 3.25. The molecule has 1 fully saturated rings. The van der Waals surface area contributed by atoms with Gasteiger partial charge in [-0.05, 0) is 25.1 Å². The van der Waals surface area contributed by atoms with Gasteiger partial charge in [-0.2, -0.15) is 0 Å². The lowest BCUT2D eigenvalue weighted by Crippen LogP contribution is -2.46. The third-order valence-corrected chi connectivity index (χ3v) is 4.27. The summed E-state index contributed by atoms with van der Waals surface area (Å²) in [5.41, 5.74) is 0.547. The Hall–Kier alpha value is -1.40. The molecule has 1 saturated heterocycles. The van der Waals surface area contributed by atoms with E-state index < -0.39 is 18.0 Å². The quantitative estimate of drug-likeness (QED) is 0.881. The number of carbonyl (C=O) groups excluding carboxylic acids is 1. The van der Waals surface area contributed by atoms with Crippen molar-refractivity contribution in [1.82, 2.24) is 4.90 Å². The van der Waals surface area contributed by atoms with E-state index in [1.54, 1.807) is 24.3 Å². The van der Waals surface area contributed by atoms with E-state index in [4.69, 9.17) is 16.7 Å². The maximum Gasteiger partial charge on any atom is 0.327 e. The first-order valence-corrected chi connectivity index (χ1v) is 7.11. The van der Waals surface area contributed by atoms with Crippen LogP contribution in [0.1, 0.15) is 6.92 Å². The number of anilines is 1. The highest BCUT2D eigenvalue weighted by Gasteiger charge is 2.39. The van der Waals surface area contributed by atoms with Crippen LogP contribution in [0, 0.1) is 0 Å². The van der Waals surface area contributed by atoms with Gasteiger partial charge in [-0.3, -0.25) is 4.90 Å². The van der Waals surface area contributed by atoms with Crippen molar-refractivity contribution < 1.29 is 14.7 Å². The number of amides is 2. The Kier molecular flexibility index (Phi) is 4.21. The van der Waals surface area contributed by atoms with Crippen LogP contribution in [0.3, 0.4) is 0 Å². The summed E-state index contributed by atoms with van der Waals surface area (Å²) >= 11 is 7.27. The number of hydrogen-bond acceptors (Lipinski definition) is 3. The molecule has 1 aliphatic rings. The van der Waals surface area contributed by atoms with E-state index in [0.29, 0.717) is 16.5 Å². The molecule has 7 heteroatoms. The molecule has 1 heterocycles. The third kappa shape index (κ3) is 3.13. The van der Waals surface area contributed by atoms with Crippen molar-refractivity contribution in [2.24, 2.45) is 0 Å². The number of halogens is 1. The third-order valence-electron chi connectivity index (χ3n) is 2.82. The van der Waals surface area contributed by atoms with Gasteiger partial charge >= 0.3 is 12.0 Å². The molecule has 1 aromatic rings. The van der Waals surface area contributed by atoms with Crippen molar-refractivity contribution in [3.05, 3.63) is 29.3 Å². The first kappa shape index (κ1) is 14.0. The van der Waals surface area contributed by atoms with Gasteiger partial charge in [0.2, 0.25) is 0 Å². The molecule has 0 bridgehead atoms. The Balaban J connectivity index is 2.12. The van der Waals surface area contributed by atoms with Crippen LogP contribution in [-0.4, -0.2) is 39.2 Å². The van der Waals surface area contributed by atoms with Crippen LogP contribution >= 0.6 is 23.4 Å². The molecule has 0 aliphatic carbocycles. The predicted molar refractivity (Wildman–Crippen MR) is 75.7 cm³/mol. The van der Waals surface area contributed by atoms with Gasteiger partial charge in [0.05, 0.1) is 5.37 Å². The van der Waals surface area contributed by atoms with Crippen molar-refractivity contribution in [2.75, 3.05) is 11.1 Å². The van der Waals surface area contributed by atoms with Crippen LogP contribution < -0.4 is 5.32 Å². The maximum absolute atomic E-state index is 12.1. The molecular formula is C12H13ClN2O3S. The largest absolute Gasteiger partial charge is 0.480 e. The second kappa shape index (κ2) is 5.71. The van der Waals surface area contributed by atoms with Crippen LogP contribution in [0.5, 0.6) is 0 Å². The first-order valence-electron chi connectivity index (χ1n) is 5.68. The zero-order valence-electron chi connectivity index (χ0n) is 10.2. The average molecular weight is 301 g/mol. The molecule has 0 aromatic heterocycles. The Morgan fingerprint density at radius 1 is 1.53 bits per heavy atom. The second-order valence-electron chi connectivity index (χ2n) is 4.13. The first-order chi connectivity index (χ1) is 8.99. The minimum atomic E-state index is -0.988.